The normalized spacial score (nSPS) is 14.4. The van der Waals surface area contributed by atoms with Crippen molar-refractivity contribution in [1.82, 2.24) is 9.78 Å². The summed E-state index contributed by atoms with van der Waals surface area (Å²) in [5.74, 6) is 0.753. The lowest BCUT2D eigenvalue weighted by Crippen LogP contribution is -2.33. The first kappa shape index (κ1) is 20.6. The number of carbonyl (C=O) groups is 1. The molecule has 1 aromatic heterocycles. The average molecular weight is 419 g/mol. The van der Waals surface area contributed by atoms with Gasteiger partial charge in [0.05, 0.1) is 17.7 Å². The number of amides is 1. The maximum atomic E-state index is 12.8. The number of hydrogen-bond donors (Lipinski definition) is 1. The molecule has 0 atom stereocenters. The Labute approximate surface area is 180 Å². The Bertz CT molecular complexity index is 1070. The van der Waals surface area contributed by atoms with E-state index >= 15 is 0 Å². The van der Waals surface area contributed by atoms with Crippen LogP contribution in [0.2, 0.25) is 0 Å². The topological polar surface area (TPSA) is 93.3 Å². The lowest BCUT2D eigenvalue weighted by Gasteiger charge is -2.31. The van der Waals surface area contributed by atoms with Crippen LogP contribution >= 0.6 is 0 Å². The fourth-order valence-corrected chi connectivity index (χ4v) is 3.84. The van der Waals surface area contributed by atoms with Crippen molar-refractivity contribution >= 4 is 23.1 Å². The molecule has 0 aliphatic carbocycles. The van der Waals surface area contributed by atoms with Crippen molar-refractivity contribution in [2.24, 2.45) is 5.92 Å². The molecule has 1 saturated heterocycles. The van der Waals surface area contributed by atoms with E-state index in [1.807, 2.05) is 35.2 Å². The van der Waals surface area contributed by atoms with E-state index in [4.69, 9.17) is 0 Å². The predicted molar refractivity (Wildman–Crippen MR) is 119 cm³/mol. The third-order valence-electron chi connectivity index (χ3n) is 5.69. The minimum Gasteiger partial charge on any atom is -0.366 e. The van der Waals surface area contributed by atoms with Crippen LogP contribution in [0.4, 0.5) is 17.2 Å². The number of aromatic nitrogens is 2. The Hall–Kier alpha value is -3.68. The van der Waals surface area contributed by atoms with E-state index in [-0.39, 0.29) is 11.3 Å². The van der Waals surface area contributed by atoms with Crippen LogP contribution in [0.25, 0.3) is 0 Å². The van der Waals surface area contributed by atoms with Crippen LogP contribution in [0.3, 0.4) is 0 Å². The summed E-state index contributed by atoms with van der Waals surface area (Å²) in [6, 6.07) is 16.2. The smallest absolute Gasteiger partial charge is 0.293 e. The van der Waals surface area contributed by atoms with Crippen molar-refractivity contribution in [2.75, 3.05) is 23.3 Å². The van der Waals surface area contributed by atoms with Gasteiger partial charge in [-0.1, -0.05) is 37.3 Å². The number of nitrogens with one attached hydrogen (secondary N) is 1. The third kappa shape index (κ3) is 4.74. The number of rotatable bonds is 6. The van der Waals surface area contributed by atoms with Gasteiger partial charge in [-0.3, -0.25) is 14.9 Å². The van der Waals surface area contributed by atoms with Crippen LogP contribution in [0.15, 0.2) is 60.8 Å². The summed E-state index contributed by atoms with van der Waals surface area (Å²) in [5, 5.41) is 18.8. The van der Waals surface area contributed by atoms with E-state index in [2.05, 4.69) is 17.3 Å². The first-order chi connectivity index (χ1) is 15.0. The van der Waals surface area contributed by atoms with Gasteiger partial charge < -0.3 is 10.2 Å². The molecule has 0 spiro atoms. The molecule has 1 aliphatic heterocycles. The number of nitrogens with zero attached hydrogens (tertiary/aromatic N) is 4. The largest absolute Gasteiger partial charge is 0.366 e. The second-order valence-corrected chi connectivity index (χ2v) is 7.94. The first-order valence-electron chi connectivity index (χ1n) is 10.4. The minimum atomic E-state index is -0.413. The highest BCUT2D eigenvalue weighted by molar-refractivity contribution is 6.04. The Kier molecular flexibility index (Phi) is 5.97. The molecule has 4 rings (SSSR count). The maximum Gasteiger partial charge on any atom is 0.293 e. The number of hydrogen-bond acceptors (Lipinski definition) is 5. The van der Waals surface area contributed by atoms with Crippen molar-refractivity contribution in [2.45, 2.75) is 26.3 Å². The lowest BCUT2D eigenvalue weighted by molar-refractivity contribution is -0.384. The molecule has 3 aromatic rings. The summed E-state index contributed by atoms with van der Waals surface area (Å²) in [7, 11) is 0. The second-order valence-electron chi connectivity index (χ2n) is 7.94. The molecule has 2 heterocycles. The number of piperidine rings is 1. The molecule has 0 bridgehead atoms. The van der Waals surface area contributed by atoms with Gasteiger partial charge in [-0.05, 0) is 36.5 Å². The van der Waals surface area contributed by atoms with Gasteiger partial charge in [-0.2, -0.15) is 5.10 Å². The molecular weight excluding hydrogens is 394 g/mol. The van der Waals surface area contributed by atoms with E-state index in [9.17, 15) is 14.9 Å². The number of carbonyl (C=O) groups excluding carboxylic acids is 1. The molecule has 1 aliphatic rings. The van der Waals surface area contributed by atoms with Crippen LogP contribution in [0.5, 0.6) is 0 Å². The highest BCUT2D eigenvalue weighted by atomic mass is 16.6. The molecule has 1 N–H and O–H groups in total. The summed E-state index contributed by atoms with van der Waals surface area (Å²) in [6.07, 6.45) is 3.62. The average Bonchev–Trinajstić information content (AvgIpc) is 3.21. The van der Waals surface area contributed by atoms with Gasteiger partial charge in [0.1, 0.15) is 11.5 Å². The SMILES string of the molecule is CC1CCN(c2ccc(C(=O)Nc3ccnn3Cc3ccccc3)cc2[N+](=O)[O-])CC1. The van der Waals surface area contributed by atoms with Crippen LogP contribution in [0.1, 0.15) is 35.7 Å². The van der Waals surface area contributed by atoms with Gasteiger partial charge in [0.25, 0.3) is 11.6 Å². The maximum absolute atomic E-state index is 12.8. The zero-order valence-corrected chi connectivity index (χ0v) is 17.4. The molecule has 0 radical (unpaired) electrons. The summed E-state index contributed by atoms with van der Waals surface area (Å²) in [5.41, 5.74) is 1.83. The van der Waals surface area contributed by atoms with Gasteiger partial charge in [0.2, 0.25) is 0 Å². The van der Waals surface area contributed by atoms with Gasteiger partial charge in [-0.15, -0.1) is 0 Å². The van der Waals surface area contributed by atoms with Crippen LogP contribution in [-0.4, -0.2) is 33.7 Å². The van der Waals surface area contributed by atoms with E-state index in [0.717, 1.165) is 31.5 Å². The van der Waals surface area contributed by atoms with Crippen LogP contribution in [0, 0.1) is 16.0 Å². The van der Waals surface area contributed by atoms with Crippen molar-refractivity contribution in [3.05, 3.63) is 82.0 Å². The fourth-order valence-electron chi connectivity index (χ4n) is 3.84. The standard InChI is InChI=1S/C23H25N5O3/c1-17-10-13-26(14-11-17)20-8-7-19(15-21(20)28(30)31)23(29)25-22-9-12-24-27(22)16-18-5-3-2-4-6-18/h2-9,12,15,17H,10-11,13-14,16H2,1H3,(H,25,29). The fraction of sp³-hybridized carbons (Fsp3) is 0.304. The Morgan fingerprint density at radius 2 is 1.90 bits per heavy atom. The highest BCUT2D eigenvalue weighted by Gasteiger charge is 2.25. The van der Waals surface area contributed by atoms with Crippen molar-refractivity contribution in [3.8, 4) is 0 Å². The zero-order valence-electron chi connectivity index (χ0n) is 17.4. The zero-order chi connectivity index (χ0) is 21.8. The highest BCUT2D eigenvalue weighted by Crippen LogP contribution is 2.32. The quantitative estimate of drug-likeness (QED) is 0.474. The van der Waals surface area contributed by atoms with Crippen LogP contribution in [-0.2, 0) is 6.54 Å². The summed E-state index contributed by atoms with van der Waals surface area (Å²) in [4.78, 5) is 26.2. The third-order valence-corrected chi connectivity index (χ3v) is 5.69. The number of benzene rings is 2. The van der Waals surface area contributed by atoms with E-state index in [1.54, 1.807) is 29.1 Å². The van der Waals surface area contributed by atoms with E-state index in [0.29, 0.717) is 24.0 Å². The molecule has 2 aromatic carbocycles. The Morgan fingerprint density at radius 3 is 2.61 bits per heavy atom. The predicted octanol–water partition coefficient (Wildman–Crippen LogP) is 4.33. The summed E-state index contributed by atoms with van der Waals surface area (Å²) in [6.45, 7) is 4.27. The van der Waals surface area contributed by atoms with E-state index < -0.39 is 10.8 Å². The van der Waals surface area contributed by atoms with Crippen LogP contribution < -0.4 is 10.2 Å². The van der Waals surface area contributed by atoms with Crippen molar-refractivity contribution in [3.63, 3.8) is 0 Å². The molecule has 8 heteroatoms. The van der Waals surface area contributed by atoms with Gasteiger partial charge in [-0.25, -0.2) is 4.68 Å². The molecule has 1 amide bonds. The van der Waals surface area contributed by atoms with Crippen molar-refractivity contribution < 1.29 is 9.72 Å². The van der Waals surface area contributed by atoms with Gasteiger partial charge in [0, 0.05) is 30.8 Å². The number of anilines is 2. The lowest BCUT2D eigenvalue weighted by atomic mass is 9.98. The summed E-state index contributed by atoms with van der Waals surface area (Å²) >= 11 is 0. The van der Waals surface area contributed by atoms with Gasteiger partial charge in [0.15, 0.2) is 0 Å². The first-order valence-corrected chi connectivity index (χ1v) is 10.4. The molecule has 1 fully saturated rings. The molecule has 8 nitrogen and oxygen atoms in total. The monoisotopic (exact) mass is 419 g/mol. The number of nitro benzene ring substituents is 1. The van der Waals surface area contributed by atoms with Gasteiger partial charge >= 0.3 is 0 Å². The molecule has 31 heavy (non-hydrogen) atoms. The Balaban J connectivity index is 1.52. The van der Waals surface area contributed by atoms with E-state index in [1.165, 1.54) is 6.07 Å². The molecular formula is C23H25N5O3. The molecule has 0 saturated carbocycles. The summed E-state index contributed by atoms with van der Waals surface area (Å²) < 4.78 is 1.69. The molecule has 0 unspecified atom stereocenters. The minimum absolute atomic E-state index is 0.0417. The number of nitro groups is 1. The Morgan fingerprint density at radius 1 is 1.16 bits per heavy atom. The van der Waals surface area contributed by atoms with Crippen molar-refractivity contribution in [1.29, 1.82) is 0 Å². The second kappa shape index (κ2) is 8.99. The molecule has 160 valence electrons.